The number of unbranched alkanes of at least 4 members (excludes halogenated alkanes) is 1. The molecule has 5 nitrogen and oxygen atoms in total. The predicted molar refractivity (Wildman–Crippen MR) is 58.7 cm³/mol. The average molecular weight is 224 g/mol. The van der Waals surface area contributed by atoms with Crippen LogP contribution in [-0.4, -0.2) is 22.0 Å². The first-order valence-electron chi connectivity index (χ1n) is 5.28. The third kappa shape index (κ3) is 5.19. The van der Waals surface area contributed by atoms with Crippen molar-refractivity contribution in [2.75, 3.05) is 0 Å². The minimum atomic E-state index is -0.812. The fraction of sp³-hybridized carbons (Fsp3) is 0.455. The number of H-pyrrole nitrogens is 1. The molecule has 0 aliphatic heterocycles. The van der Waals surface area contributed by atoms with Crippen molar-refractivity contribution in [3.05, 3.63) is 24.0 Å². The summed E-state index contributed by atoms with van der Waals surface area (Å²) in [5.74, 6) is -0.848. The van der Waals surface area contributed by atoms with Gasteiger partial charge < -0.3 is 15.4 Å². The fourth-order valence-corrected chi connectivity index (χ4v) is 1.32. The molecule has 16 heavy (non-hydrogen) atoms. The Hall–Kier alpha value is -1.78. The Morgan fingerprint density at radius 2 is 2.06 bits per heavy atom. The molecule has 0 aliphatic carbocycles. The first-order chi connectivity index (χ1) is 7.68. The molecule has 0 saturated carbocycles. The van der Waals surface area contributed by atoms with Crippen LogP contribution in [0.5, 0.6) is 0 Å². The van der Waals surface area contributed by atoms with Crippen LogP contribution in [0.2, 0.25) is 0 Å². The van der Waals surface area contributed by atoms with Crippen molar-refractivity contribution >= 4 is 11.9 Å². The third-order valence-corrected chi connectivity index (χ3v) is 2.20. The number of hydrogen-bond acceptors (Lipinski definition) is 2. The molecule has 1 heterocycles. The molecule has 0 saturated heterocycles. The SMILES string of the molecule is O=C(O)CCCCC(=O)NCc1cc[nH]c1. The Balaban J connectivity index is 2.05. The van der Waals surface area contributed by atoms with Crippen LogP contribution < -0.4 is 5.32 Å². The largest absolute Gasteiger partial charge is 0.481 e. The summed E-state index contributed by atoms with van der Waals surface area (Å²) in [5, 5.41) is 11.2. The van der Waals surface area contributed by atoms with Crippen LogP contribution in [0.25, 0.3) is 0 Å². The van der Waals surface area contributed by atoms with Crippen LogP contribution in [0.4, 0.5) is 0 Å². The van der Waals surface area contributed by atoms with Crippen LogP contribution in [0.1, 0.15) is 31.2 Å². The molecule has 0 unspecified atom stereocenters. The van der Waals surface area contributed by atoms with Crippen molar-refractivity contribution in [3.63, 3.8) is 0 Å². The zero-order valence-electron chi connectivity index (χ0n) is 9.03. The van der Waals surface area contributed by atoms with Gasteiger partial charge in [-0.25, -0.2) is 0 Å². The molecule has 88 valence electrons. The number of nitrogens with one attached hydrogen (secondary N) is 2. The smallest absolute Gasteiger partial charge is 0.303 e. The van der Waals surface area contributed by atoms with Gasteiger partial charge in [0, 0.05) is 31.8 Å². The number of amides is 1. The van der Waals surface area contributed by atoms with E-state index in [-0.39, 0.29) is 12.3 Å². The summed E-state index contributed by atoms with van der Waals surface area (Å²) in [6.07, 6.45) is 5.31. The molecular weight excluding hydrogens is 208 g/mol. The lowest BCUT2D eigenvalue weighted by molar-refractivity contribution is -0.137. The summed E-state index contributed by atoms with van der Waals surface area (Å²) in [7, 11) is 0. The Bertz CT molecular complexity index is 333. The van der Waals surface area contributed by atoms with Gasteiger partial charge >= 0.3 is 5.97 Å². The van der Waals surface area contributed by atoms with Gasteiger partial charge in [-0.05, 0) is 24.5 Å². The first-order valence-corrected chi connectivity index (χ1v) is 5.28. The van der Waals surface area contributed by atoms with Crippen molar-refractivity contribution in [1.82, 2.24) is 10.3 Å². The van der Waals surface area contributed by atoms with Crippen molar-refractivity contribution in [2.45, 2.75) is 32.2 Å². The lowest BCUT2D eigenvalue weighted by Gasteiger charge is -2.02. The van der Waals surface area contributed by atoms with Crippen molar-refractivity contribution in [1.29, 1.82) is 0 Å². The number of carbonyl (C=O) groups is 2. The summed E-state index contributed by atoms with van der Waals surface area (Å²) in [6, 6.07) is 1.89. The molecule has 0 aliphatic rings. The highest BCUT2D eigenvalue weighted by Gasteiger charge is 2.02. The molecular formula is C11H16N2O3. The molecule has 5 heteroatoms. The zero-order valence-corrected chi connectivity index (χ0v) is 9.03. The monoisotopic (exact) mass is 224 g/mol. The Morgan fingerprint density at radius 1 is 1.31 bits per heavy atom. The molecule has 0 radical (unpaired) electrons. The number of rotatable bonds is 7. The molecule has 0 aromatic carbocycles. The molecule has 0 atom stereocenters. The maximum absolute atomic E-state index is 11.3. The van der Waals surface area contributed by atoms with Gasteiger partial charge in [0.2, 0.25) is 5.91 Å². The lowest BCUT2D eigenvalue weighted by atomic mass is 10.2. The number of carboxylic acid groups (broad SMARTS) is 1. The average Bonchev–Trinajstić information content (AvgIpc) is 2.74. The summed E-state index contributed by atoms with van der Waals surface area (Å²) < 4.78 is 0. The molecule has 0 bridgehead atoms. The van der Waals surface area contributed by atoms with Crippen molar-refractivity contribution < 1.29 is 14.7 Å². The van der Waals surface area contributed by atoms with Gasteiger partial charge in [0.15, 0.2) is 0 Å². The van der Waals surface area contributed by atoms with Gasteiger partial charge in [-0.15, -0.1) is 0 Å². The summed E-state index contributed by atoms with van der Waals surface area (Å²) in [6.45, 7) is 0.515. The number of aromatic nitrogens is 1. The second-order valence-corrected chi connectivity index (χ2v) is 3.60. The van der Waals surface area contributed by atoms with E-state index < -0.39 is 5.97 Å². The number of carboxylic acids is 1. The van der Waals surface area contributed by atoms with E-state index in [2.05, 4.69) is 10.3 Å². The highest BCUT2D eigenvalue weighted by molar-refractivity contribution is 5.75. The highest BCUT2D eigenvalue weighted by Crippen LogP contribution is 2.00. The zero-order chi connectivity index (χ0) is 11.8. The number of aromatic amines is 1. The minimum Gasteiger partial charge on any atom is -0.481 e. The Morgan fingerprint density at radius 3 is 2.69 bits per heavy atom. The number of aliphatic carboxylic acids is 1. The van der Waals surface area contributed by atoms with Gasteiger partial charge in [0.05, 0.1) is 0 Å². The molecule has 1 rings (SSSR count). The molecule has 1 amide bonds. The van der Waals surface area contributed by atoms with Gasteiger partial charge in [-0.2, -0.15) is 0 Å². The van der Waals surface area contributed by atoms with E-state index in [0.29, 0.717) is 25.8 Å². The van der Waals surface area contributed by atoms with E-state index >= 15 is 0 Å². The molecule has 0 fully saturated rings. The normalized spacial score (nSPS) is 10.0. The van der Waals surface area contributed by atoms with E-state index in [1.54, 1.807) is 6.20 Å². The highest BCUT2D eigenvalue weighted by atomic mass is 16.4. The van der Waals surface area contributed by atoms with Gasteiger partial charge in [-0.1, -0.05) is 0 Å². The van der Waals surface area contributed by atoms with Gasteiger partial charge in [-0.3, -0.25) is 9.59 Å². The summed E-state index contributed by atoms with van der Waals surface area (Å²) in [5.41, 5.74) is 1.03. The van der Waals surface area contributed by atoms with E-state index in [0.717, 1.165) is 5.56 Å². The van der Waals surface area contributed by atoms with Crippen LogP contribution in [-0.2, 0) is 16.1 Å². The maximum atomic E-state index is 11.3. The summed E-state index contributed by atoms with van der Waals surface area (Å²) in [4.78, 5) is 24.4. The van der Waals surface area contributed by atoms with Crippen molar-refractivity contribution in [3.8, 4) is 0 Å². The lowest BCUT2D eigenvalue weighted by Crippen LogP contribution is -2.22. The molecule has 3 N–H and O–H groups in total. The van der Waals surface area contributed by atoms with Crippen LogP contribution >= 0.6 is 0 Å². The fourth-order valence-electron chi connectivity index (χ4n) is 1.32. The van der Waals surface area contributed by atoms with Gasteiger partial charge in [0.25, 0.3) is 0 Å². The Labute approximate surface area is 93.9 Å². The standard InChI is InChI=1S/C11H16N2O3/c14-10(3-1-2-4-11(15)16)13-8-9-5-6-12-7-9/h5-7,12H,1-4,8H2,(H,13,14)(H,15,16). The van der Waals surface area contributed by atoms with Crippen LogP contribution in [0.3, 0.4) is 0 Å². The molecule has 1 aromatic heterocycles. The van der Waals surface area contributed by atoms with E-state index in [1.807, 2.05) is 12.3 Å². The topological polar surface area (TPSA) is 82.2 Å². The predicted octanol–water partition coefficient (Wildman–Crippen LogP) is 1.28. The number of hydrogen-bond donors (Lipinski definition) is 3. The van der Waals surface area contributed by atoms with E-state index in [4.69, 9.17) is 5.11 Å². The molecule has 1 aromatic rings. The number of carbonyl (C=O) groups excluding carboxylic acids is 1. The van der Waals surface area contributed by atoms with Crippen molar-refractivity contribution in [2.24, 2.45) is 0 Å². The van der Waals surface area contributed by atoms with Crippen LogP contribution in [0, 0.1) is 0 Å². The van der Waals surface area contributed by atoms with E-state index in [1.165, 1.54) is 0 Å². The van der Waals surface area contributed by atoms with Crippen LogP contribution in [0.15, 0.2) is 18.5 Å². The minimum absolute atomic E-state index is 0.0356. The van der Waals surface area contributed by atoms with Gasteiger partial charge in [0.1, 0.15) is 0 Å². The third-order valence-electron chi connectivity index (χ3n) is 2.20. The molecule has 0 spiro atoms. The second kappa shape index (κ2) is 6.66. The quantitative estimate of drug-likeness (QED) is 0.610. The first kappa shape index (κ1) is 12.3. The maximum Gasteiger partial charge on any atom is 0.303 e. The Kier molecular flexibility index (Phi) is 5.11. The van der Waals surface area contributed by atoms with E-state index in [9.17, 15) is 9.59 Å². The second-order valence-electron chi connectivity index (χ2n) is 3.60. The summed E-state index contributed by atoms with van der Waals surface area (Å²) >= 11 is 0.